The van der Waals surface area contributed by atoms with E-state index in [0.29, 0.717) is 0 Å². The molecular formula is C11H14N6. The van der Waals surface area contributed by atoms with Crippen LogP contribution in [0.3, 0.4) is 0 Å². The molecule has 0 radical (unpaired) electrons. The van der Waals surface area contributed by atoms with E-state index in [1.165, 1.54) is 0 Å². The second-order valence-electron chi connectivity index (χ2n) is 4.20. The van der Waals surface area contributed by atoms with Crippen LogP contribution in [0.1, 0.15) is 24.7 Å². The van der Waals surface area contributed by atoms with Crippen molar-refractivity contribution in [3.05, 3.63) is 30.6 Å². The van der Waals surface area contributed by atoms with Gasteiger partial charge >= 0.3 is 0 Å². The summed E-state index contributed by atoms with van der Waals surface area (Å²) in [5.41, 5.74) is 0. The van der Waals surface area contributed by atoms with E-state index in [0.717, 1.165) is 31.2 Å². The lowest BCUT2D eigenvalue weighted by Gasteiger charge is -2.23. The molecule has 2 aromatic heterocycles. The number of nitrogens with zero attached hydrogens (tertiary/aromatic N) is 6. The highest BCUT2D eigenvalue weighted by atomic mass is 15.3. The minimum atomic E-state index is 0.241. The second-order valence-corrected chi connectivity index (χ2v) is 4.20. The molecule has 1 fully saturated rings. The molecule has 2 aromatic rings. The molecule has 6 nitrogen and oxygen atoms in total. The third-order valence-electron chi connectivity index (χ3n) is 3.11. The zero-order chi connectivity index (χ0) is 11.7. The van der Waals surface area contributed by atoms with E-state index in [1.54, 1.807) is 18.7 Å². The quantitative estimate of drug-likeness (QED) is 0.768. The van der Waals surface area contributed by atoms with Crippen LogP contribution in [0.15, 0.2) is 24.8 Å². The Labute approximate surface area is 99.3 Å². The molecule has 17 heavy (non-hydrogen) atoms. The molecule has 0 aliphatic carbocycles. The number of hydrogen-bond acceptors (Lipinski definition) is 5. The summed E-state index contributed by atoms with van der Waals surface area (Å²) in [5.74, 6) is 1.76. The minimum absolute atomic E-state index is 0.241. The highest BCUT2D eigenvalue weighted by Gasteiger charge is 2.30. The van der Waals surface area contributed by atoms with Crippen LogP contribution in [0.5, 0.6) is 0 Å². The van der Waals surface area contributed by atoms with Gasteiger partial charge in [0.05, 0.1) is 6.04 Å². The van der Waals surface area contributed by atoms with E-state index in [1.807, 2.05) is 17.7 Å². The van der Waals surface area contributed by atoms with Gasteiger partial charge < -0.3 is 9.47 Å². The van der Waals surface area contributed by atoms with E-state index in [4.69, 9.17) is 0 Å². The van der Waals surface area contributed by atoms with Crippen LogP contribution in [-0.2, 0) is 7.05 Å². The van der Waals surface area contributed by atoms with Crippen molar-refractivity contribution in [2.75, 3.05) is 11.4 Å². The zero-order valence-corrected chi connectivity index (χ0v) is 9.69. The lowest BCUT2D eigenvalue weighted by atomic mass is 10.2. The standard InChI is InChI=1S/C11H14N6/c1-16-8-14-15-10(16)9-4-2-7-17(9)11-12-5-3-6-13-11/h3,5-6,8-9H,2,4,7H2,1H3/t9-/m1/s1. The first-order valence-electron chi connectivity index (χ1n) is 5.74. The van der Waals surface area contributed by atoms with E-state index >= 15 is 0 Å². The van der Waals surface area contributed by atoms with Gasteiger partial charge in [-0.2, -0.15) is 0 Å². The summed E-state index contributed by atoms with van der Waals surface area (Å²) in [6.45, 7) is 0.974. The third kappa shape index (κ3) is 1.75. The minimum Gasteiger partial charge on any atom is -0.331 e. The Kier molecular flexibility index (Phi) is 2.47. The fraction of sp³-hybridized carbons (Fsp3) is 0.455. The molecule has 6 heteroatoms. The molecule has 1 saturated heterocycles. The Hall–Kier alpha value is -1.98. The van der Waals surface area contributed by atoms with Gasteiger partial charge in [-0.3, -0.25) is 0 Å². The SMILES string of the molecule is Cn1cnnc1[C@H]1CCCN1c1ncccn1. The van der Waals surface area contributed by atoms with Gasteiger partial charge in [0.1, 0.15) is 6.33 Å². The Balaban J connectivity index is 1.93. The van der Waals surface area contributed by atoms with Crippen LogP contribution in [0.2, 0.25) is 0 Å². The maximum absolute atomic E-state index is 4.31. The van der Waals surface area contributed by atoms with Gasteiger partial charge in [0, 0.05) is 26.0 Å². The van der Waals surface area contributed by atoms with Gasteiger partial charge in [0.15, 0.2) is 5.82 Å². The summed E-state index contributed by atoms with van der Waals surface area (Å²) in [6, 6.07) is 2.07. The van der Waals surface area contributed by atoms with Gasteiger partial charge in [0.25, 0.3) is 0 Å². The first-order chi connectivity index (χ1) is 8.36. The number of aromatic nitrogens is 5. The summed E-state index contributed by atoms with van der Waals surface area (Å²) in [7, 11) is 1.97. The summed E-state index contributed by atoms with van der Waals surface area (Å²) in [6.07, 6.45) is 7.49. The molecule has 0 unspecified atom stereocenters. The largest absolute Gasteiger partial charge is 0.331 e. The van der Waals surface area contributed by atoms with Crippen LogP contribution in [0.4, 0.5) is 5.95 Å². The highest BCUT2D eigenvalue weighted by Crippen LogP contribution is 2.32. The molecule has 0 amide bonds. The van der Waals surface area contributed by atoms with E-state index < -0.39 is 0 Å². The van der Waals surface area contributed by atoms with Gasteiger partial charge in [-0.1, -0.05) is 0 Å². The molecule has 0 saturated carbocycles. The van der Waals surface area contributed by atoms with Crippen LogP contribution in [0.25, 0.3) is 0 Å². The lowest BCUT2D eigenvalue weighted by Crippen LogP contribution is -2.26. The van der Waals surface area contributed by atoms with Crippen molar-refractivity contribution in [1.82, 2.24) is 24.7 Å². The highest BCUT2D eigenvalue weighted by molar-refractivity contribution is 5.34. The molecule has 0 N–H and O–H groups in total. The fourth-order valence-corrected chi connectivity index (χ4v) is 2.31. The van der Waals surface area contributed by atoms with Crippen LogP contribution in [0, 0.1) is 0 Å². The molecule has 1 aliphatic heterocycles. The molecule has 0 bridgehead atoms. The van der Waals surface area contributed by atoms with Gasteiger partial charge in [-0.25, -0.2) is 9.97 Å². The Morgan fingerprint density at radius 2 is 2.12 bits per heavy atom. The van der Waals surface area contributed by atoms with Crippen molar-refractivity contribution in [2.24, 2.45) is 7.05 Å². The first-order valence-corrected chi connectivity index (χ1v) is 5.74. The molecule has 88 valence electrons. The molecular weight excluding hydrogens is 216 g/mol. The molecule has 0 spiro atoms. The summed E-state index contributed by atoms with van der Waals surface area (Å²) in [5, 5.41) is 8.13. The van der Waals surface area contributed by atoms with Crippen molar-refractivity contribution in [3.8, 4) is 0 Å². The van der Waals surface area contributed by atoms with E-state index in [2.05, 4.69) is 25.1 Å². The molecule has 3 heterocycles. The van der Waals surface area contributed by atoms with Crippen molar-refractivity contribution >= 4 is 5.95 Å². The number of aryl methyl sites for hydroxylation is 1. The van der Waals surface area contributed by atoms with E-state index in [-0.39, 0.29) is 6.04 Å². The van der Waals surface area contributed by atoms with Crippen LogP contribution >= 0.6 is 0 Å². The average Bonchev–Trinajstić information content (AvgIpc) is 2.98. The Morgan fingerprint density at radius 1 is 1.29 bits per heavy atom. The van der Waals surface area contributed by atoms with Crippen molar-refractivity contribution in [3.63, 3.8) is 0 Å². The van der Waals surface area contributed by atoms with Gasteiger partial charge in [-0.15, -0.1) is 10.2 Å². The lowest BCUT2D eigenvalue weighted by molar-refractivity contribution is 0.620. The predicted molar refractivity (Wildman–Crippen MR) is 62.4 cm³/mol. The van der Waals surface area contributed by atoms with E-state index in [9.17, 15) is 0 Å². The smallest absolute Gasteiger partial charge is 0.225 e. The molecule has 0 aromatic carbocycles. The van der Waals surface area contributed by atoms with Crippen molar-refractivity contribution < 1.29 is 0 Å². The van der Waals surface area contributed by atoms with Crippen LogP contribution < -0.4 is 4.90 Å². The molecule has 1 aliphatic rings. The number of rotatable bonds is 2. The monoisotopic (exact) mass is 230 g/mol. The molecule has 3 rings (SSSR count). The Morgan fingerprint density at radius 3 is 2.82 bits per heavy atom. The van der Waals surface area contributed by atoms with Gasteiger partial charge in [-0.05, 0) is 18.9 Å². The fourth-order valence-electron chi connectivity index (χ4n) is 2.31. The summed E-state index contributed by atoms with van der Waals surface area (Å²) >= 11 is 0. The maximum Gasteiger partial charge on any atom is 0.225 e. The first kappa shape index (κ1) is 10.2. The van der Waals surface area contributed by atoms with Crippen LogP contribution in [-0.4, -0.2) is 31.3 Å². The summed E-state index contributed by atoms with van der Waals surface area (Å²) in [4.78, 5) is 10.8. The average molecular weight is 230 g/mol. The predicted octanol–water partition coefficient (Wildman–Crippen LogP) is 0.947. The normalized spacial score (nSPS) is 19.8. The van der Waals surface area contributed by atoms with Gasteiger partial charge in [0.2, 0.25) is 5.95 Å². The zero-order valence-electron chi connectivity index (χ0n) is 9.69. The number of hydrogen-bond donors (Lipinski definition) is 0. The number of anilines is 1. The van der Waals surface area contributed by atoms with Crippen molar-refractivity contribution in [1.29, 1.82) is 0 Å². The topological polar surface area (TPSA) is 59.7 Å². The maximum atomic E-state index is 4.31. The van der Waals surface area contributed by atoms with Crippen molar-refractivity contribution in [2.45, 2.75) is 18.9 Å². The summed E-state index contributed by atoms with van der Waals surface area (Å²) < 4.78 is 1.96. The molecule has 1 atom stereocenters. The third-order valence-corrected chi connectivity index (χ3v) is 3.11. The second kappa shape index (κ2) is 4.12. The Bertz CT molecular complexity index is 494.